The van der Waals surface area contributed by atoms with E-state index in [1.165, 1.54) is 0 Å². The van der Waals surface area contributed by atoms with Gasteiger partial charge in [0, 0.05) is 18.3 Å². The summed E-state index contributed by atoms with van der Waals surface area (Å²) in [5.74, 6) is 0.537. The van der Waals surface area contributed by atoms with Crippen LogP contribution in [0.4, 0.5) is 0 Å². The Morgan fingerprint density at radius 1 is 1.53 bits per heavy atom. The first kappa shape index (κ1) is 16.7. The third-order valence-electron chi connectivity index (χ3n) is 2.97. The maximum Gasteiger partial charge on any atom is 0.322 e. The summed E-state index contributed by atoms with van der Waals surface area (Å²) in [7, 11) is -3.72. The van der Waals surface area contributed by atoms with Gasteiger partial charge in [-0.05, 0) is 31.9 Å². The quantitative estimate of drug-likeness (QED) is 0.729. The van der Waals surface area contributed by atoms with Crippen molar-refractivity contribution in [2.45, 2.75) is 45.2 Å². The molecule has 1 heterocycles. The molecule has 1 rings (SSSR count). The minimum absolute atomic E-state index is 0.202. The number of hydrogen-bond acceptors (Lipinski definition) is 4. The van der Waals surface area contributed by atoms with Crippen LogP contribution < -0.4 is 4.72 Å². The Morgan fingerprint density at radius 2 is 2.21 bits per heavy atom. The zero-order valence-electron chi connectivity index (χ0n) is 11.3. The molecule has 1 aliphatic heterocycles. The zero-order chi connectivity index (χ0) is 14.5. The summed E-state index contributed by atoms with van der Waals surface area (Å²) in [6.45, 7) is 4.08. The van der Waals surface area contributed by atoms with Crippen LogP contribution in [0, 0.1) is 0 Å². The highest BCUT2D eigenvalue weighted by molar-refractivity contribution is 7.99. The van der Waals surface area contributed by atoms with Crippen LogP contribution in [0.2, 0.25) is 0 Å². The lowest BCUT2D eigenvalue weighted by molar-refractivity contribution is -0.142. The van der Waals surface area contributed by atoms with Crippen LogP contribution in [0.1, 0.15) is 33.1 Å². The van der Waals surface area contributed by atoms with E-state index >= 15 is 0 Å². The number of aliphatic carboxylic acids is 1. The zero-order valence-corrected chi connectivity index (χ0v) is 13.0. The van der Waals surface area contributed by atoms with Gasteiger partial charge in [0.1, 0.15) is 6.04 Å². The van der Waals surface area contributed by atoms with E-state index in [2.05, 4.69) is 4.72 Å². The number of rotatable bonds is 7. The van der Waals surface area contributed by atoms with Gasteiger partial charge in [0.05, 0.1) is 0 Å². The lowest BCUT2D eigenvalue weighted by atomic mass is 10.1. The summed E-state index contributed by atoms with van der Waals surface area (Å²) in [6, 6.07) is -1.14. The van der Waals surface area contributed by atoms with Gasteiger partial charge in [-0.25, -0.2) is 0 Å². The van der Waals surface area contributed by atoms with Crippen molar-refractivity contribution in [3.63, 3.8) is 0 Å². The molecule has 19 heavy (non-hydrogen) atoms. The Morgan fingerprint density at radius 3 is 2.79 bits per heavy atom. The van der Waals surface area contributed by atoms with Crippen LogP contribution >= 0.6 is 11.8 Å². The van der Waals surface area contributed by atoms with Gasteiger partial charge in [-0.1, -0.05) is 6.92 Å². The number of hydrogen-bond donors (Lipinski definition) is 2. The van der Waals surface area contributed by atoms with Crippen LogP contribution in [0.3, 0.4) is 0 Å². The molecule has 8 heteroatoms. The number of nitrogens with zero attached hydrogens (tertiary/aromatic N) is 1. The smallest absolute Gasteiger partial charge is 0.322 e. The molecule has 0 aromatic heterocycles. The molecule has 0 aliphatic carbocycles. The molecule has 0 saturated carbocycles. The molecular weight excluding hydrogens is 288 g/mol. The van der Waals surface area contributed by atoms with Crippen molar-refractivity contribution in [3.8, 4) is 0 Å². The molecule has 0 aromatic rings. The third-order valence-corrected chi connectivity index (χ3v) is 5.87. The molecule has 1 saturated heterocycles. The summed E-state index contributed by atoms with van der Waals surface area (Å²) < 4.78 is 28.1. The van der Waals surface area contributed by atoms with E-state index in [1.54, 1.807) is 18.7 Å². The molecule has 6 nitrogen and oxygen atoms in total. The average molecular weight is 310 g/mol. The Labute approximate surface area is 119 Å². The second kappa shape index (κ2) is 7.47. The molecule has 112 valence electrons. The first-order valence-corrected chi connectivity index (χ1v) is 9.07. The Bertz CT molecular complexity index is 399. The lowest BCUT2D eigenvalue weighted by Gasteiger charge is -2.32. The van der Waals surface area contributed by atoms with Crippen molar-refractivity contribution in [3.05, 3.63) is 0 Å². The first-order chi connectivity index (χ1) is 8.88. The molecule has 0 spiro atoms. The monoisotopic (exact) mass is 310 g/mol. The van der Waals surface area contributed by atoms with Gasteiger partial charge in [0.25, 0.3) is 10.2 Å². The van der Waals surface area contributed by atoms with E-state index in [1.807, 2.05) is 6.92 Å². The molecule has 0 amide bonds. The summed E-state index contributed by atoms with van der Waals surface area (Å²) in [5, 5.41) is 9.11. The van der Waals surface area contributed by atoms with Crippen molar-refractivity contribution in [2.24, 2.45) is 0 Å². The standard InChI is InChI=1S/C11H22N2O4S2/c1-3-18-8-9(2)12-19(16,17)13-7-5-4-6-10(13)11(14)15/h9-10,12H,3-8H2,1-2H3,(H,14,15). The van der Waals surface area contributed by atoms with E-state index < -0.39 is 22.2 Å². The van der Waals surface area contributed by atoms with E-state index in [-0.39, 0.29) is 12.6 Å². The minimum Gasteiger partial charge on any atom is -0.480 e. The van der Waals surface area contributed by atoms with Crippen LogP contribution in [0.25, 0.3) is 0 Å². The van der Waals surface area contributed by atoms with E-state index in [4.69, 9.17) is 5.11 Å². The first-order valence-electron chi connectivity index (χ1n) is 6.48. The van der Waals surface area contributed by atoms with Gasteiger partial charge < -0.3 is 5.11 Å². The third kappa shape index (κ3) is 4.94. The van der Waals surface area contributed by atoms with Crippen molar-refractivity contribution in [1.82, 2.24) is 9.03 Å². The van der Waals surface area contributed by atoms with Gasteiger partial charge in [0.15, 0.2) is 0 Å². The highest BCUT2D eigenvalue weighted by Gasteiger charge is 2.37. The maximum absolute atomic E-state index is 12.2. The largest absolute Gasteiger partial charge is 0.480 e. The van der Waals surface area contributed by atoms with E-state index in [0.29, 0.717) is 18.6 Å². The van der Waals surface area contributed by atoms with Crippen LogP contribution in [0.5, 0.6) is 0 Å². The number of piperidine rings is 1. The van der Waals surface area contributed by atoms with Crippen molar-refractivity contribution < 1.29 is 18.3 Å². The van der Waals surface area contributed by atoms with Gasteiger partial charge in [-0.2, -0.15) is 29.2 Å². The summed E-state index contributed by atoms with van der Waals surface area (Å²) in [4.78, 5) is 11.1. The lowest BCUT2D eigenvalue weighted by Crippen LogP contribution is -2.54. The Balaban J connectivity index is 2.71. The van der Waals surface area contributed by atoms with Crippen molar-refractivity contribution in [1.29, 1.82) is 0 Å². The fourth-order valence-corrected chi connectivity index (χ4v) is 4.50. The van der Waals surface area contributed by atoms with Gasteiger partial charge in [0.2, 0.25) is 0 Å². The van der Waals surface area contributed by atoms with Gasteiger partial charge >= 0.3 is 5.97 Å². The highest BCUT2D eigenvalue weighted by atomic mass is 32.2. The fraction of sp³-hybridized carbons (Fsp3) is 0.909. The molecule has 0 aromatic carbocycles. The molecule has 1 fully saturated rings. The molecule has 1 aliphatic rings. The number of carboxylic acid groups (broad SMARTS) is 1. The molecule has 0 bridgehead atoms. The van der Waals surface area contributed by atoms with Gasteiger partial charge in [-0.3, -0.25) is 4.79 Å². The molecule has 2 N–H and O–H groups in total. The predicted octanol–water partition coefficient (Wildman–Crippen LogP) is 0.901. The average Bonchev–Trinajstić information content (AvgIpc) is 2.35. The minimum atomic E-state index is -3.72. The number of carbonyl (C=O) groups is 1. The maximum atomic E-state index is 12.2. The SMILES string of the molecule is CCSCC(C)NS(=O)(=O)N1CCCCC1C(=O)O. The summed E-state index contributed by atoms with van der Waals surface area (Å²) >= 11 is 1.65. The topological polar surface area (TPSA) is 86.7 Å². The van der Waals surface area contributed by atoms with Crippen LogP contribution in [-0.4, -0.2) is 53.9 Å². The second-order valence-corrected chi connectivity index (χ2v) is 7.62. The van der Waals surface area contributed by atoms with Crippen LogP contribution in [0.15, 0.2) is 0 Å². The van der Waals surface area contributed by atoms with Crippen molar-refractivity contribution in [2.75, 3.05) is 18.1 Å². The molecule has 0 radical (unpaired) electrons. The summed E-state index contributed by atoms with van der Waals surface area (Å²) in [5.41, 5.74) is 0. The van der Waals surface area contributed by atoms with Crippen molar-refractivity contribution >= 4 is 27.9 Å². The van der Waals surface area contributed by atoms with Gasteiger partial charge in [-0.15, -0.1) is 0 Å². The Hall–Kier alpha value is -0.310. The molecule has 2 unspecified atom stereocenters. The molecule has 2 atom stereocenters. The van der Waals surface area contributed by atoms with E-state index in [9.17, 15) is 13.2 Å². The number of thioether (sulfide) groups is 1. The fourth-order valence-electron chi connectivity index (χ4n) is 2.09. The summed E-state index contributed by atoms with van der Waals surface area (Å²) in [6.07, 6.45) is 1.85. The Kier molecular flexibility index (Phi) is 6.58. The van der Waals surface area contributed by atoms with E-state index in [0.717, 1.165) is 16.5 Å². The van der Waals surface area contributed by atoms with Crippen LogP contribution in [-0.2, 0) is 15.0 Å². The normalized spacial score (nSPS) is 23.2. The predicted molar refractivity (Wildman–Crippen MR) is 76.5 cm³/mol. The second-order valence-electron chi connectivity index (χ2n) is 4.64. The molecular formula is C11H22N2O4S2. The number of nitrogens with one attached hydrogen (secondary N) is 1. The number of carboxylic acids is 1. The highest BCUT2D eigenvalue weighted by Crippen LogP contribution is 2.20.